The van der Waals surface area contributed by atoms with E-state index in [1.165, 1.54) is 0 Å². The Kier molecular flexibility index (Phi) is 12.5. The maximum atomic E-state index is 9.96. The molecule has 0 aromatic carbocycles. The molecular formula is C36H71O10Si2-. The third-order valence-corrected chi connectivity index (χ3v) is 21.5. The summed E-state index contributed by atoms with van der Waals surface area (Å²) in [5, 5.41) is 19.8. The average Bonchev–Trinajstić information content (AvgIpc) is 3.35. The first kappa shape index (κ1) is 42.4. The highest BCUT2D eigenvalue weighted by atomic mass is 28.4. The number of fused-ring (bicyclic) bond motifs is 4. The predicted octanol–water partition coefficient (Wildman–Crippen LogP) is 7.00. The first-order chi connectivity index (χ1) is 20.9. The molecule has 12 atom stereocenters. The molecule has 2 unspecified atom stereocenters. The summed E-state index contributed by atoms with van der Waals surface area (Å²) in [5.41, 5.74) is 0. The Balaban J connectivity index is 0.000000250. The minimum Gasteiger partial charge on any atom is -0.391 e. The zero-order chi connectivity index (χ0) is 34.4. The fourth-order valence-corrected chi connectivity index (χ4v) is 19.1. The Labute approximate surface area is 294 Å². The number of hydrogen-bond donors (Lipinski definition) is 2. The second kappa shape index (κ2) is 14.1. The van der Waals surface area contributed by atoms with Crippen molar-refractivity contribution in [3.8, 4) is 0 Å². The highest BCUT2D eigenvalue weighted by Gasteiger charge is 2.65. The minimum absolute atomic E-state index is 0. The van der Waals surface area contributed by atoms with Crippen LogP contribution in [-0.2, 0) is 36.7 Å². The molecule has 6 rings (SSSR count). The third-order valence-electron chi connectivity index (χ3n) is 11.2. The first-order valence-electron chi connectivity index (χ1n) is 17.5. The molecule has 48 heavy (non-hydrogen) atoms. The van der Waals surface area contributed by atoms with Crippen LogP contribution in [0, 0.1) is 19.3 Å². The second-order valence-corrected chi connectivity index (χ2v) is 28.3. The van der Waals surface area contributed by atoms with Crippen LogP contribution < -0.4 is 0 Å². The van der Waals surface area contributed by atoms with Crippen molar-refractivity contribution in [2.24, 2.45) is 11.8 Å². The van der Waals surface area contributed by atoms with Gasteiger partial charge in [-0.3, -0.25) is 0 Å². The zero-order valence-electron chi connectivity index (χ0n) is 31.9. The van der Waals surface area contributed by atoms with E-state index in [2.05, 4.69) is 83.1 Å². The summed E-state index contributed by atoms with van der Waals surface area (Å²) in [6, 6.07) is 0. The molecule has 0 aromatic heterocycles. The minimum atomic E-state index is -2.47. The topological polar surface area (TPSA) is 114 Å². The van der Waals surface area contributed by atoms with Crippen molar-refractivity contribution < 1.29 is 46.9 Å². The Morgan fingerprint density at radius 1 is 0.479 bits per heavy atom. The van der Waals surface area contributed by atoms with E-state index < -0.39 is 29.7 Å². The maximum absolute atomic E-state index is 9.96. The highest BCUT2D eigenvalue weighted by Crippen LogP contribution is 2.57. The summed E-state index contributed by atoms with van der Waals surface area (Å²) >= 11 is 0. The third kappa shape index (κ3) is 7.18. The Hall–Kier alpha value is 0.0338. The molecule has 6 heterocycles. The number of aliphatic hydroxyl groups is 2. The van der Waals surface area contributed by atoms with E-state index in [0.29, 0.717) is 13.2 Å². The molecule has 10 nitrogen and oxygen atoms in total. The Bertz CT molecular complexity index is 967. The molecule has 2 N–H and O–H groups in total. The van der Waals surface area contributed by atoms with E-state index >= 15 is 0 Å². The summed E-state index contributed by atoms with van der Waals surface area (Å²) in [6.07, 6.45) is -0.319. The van der Waals surface area contributed by atoms with E-state index in [1.54, 1.807) is 0 Å². The molecule has 6 aliphatic heterocycles. The van der Waals surface area contributed by atoms with Gasteiger partial charge in [-0.25, -0.2) is 0 Å². The van der Waals surface area contributed by atoms with E-state index in [1.807, 2.05) is 13.8 Å². The van der Waals surface area contributed by atoms with Crippen molar-refractivity contribution in [3.63, 3.8) is 0 Å². The van der Waals surface area contributed by atoms with Gasteiger partial charge in [-0.2, -0.15) is 0 Å². The molecule has 284 valence electrons. The number of ether oxygens (including phenoxy) is 4. The number of aliphatic hydroxyl groups excluding tert-OH is 2. The van der Waals surface area contributed by atoms with Gasteiger partial charge in [0, 0.05) is 44.8 Å². The van der Waals surface area contributed by atoms with E-state index in [4.69, 9.17) is 36.7 Å². The first-order valence-corrected chi connectivity index (χ1v) is 21.2. The molecule has 6 fully saturated rings. The molecular weight excluding hydrogens is 649 g/mol. The van der Waals surface area contributed by atoms with Gasteiger partial charge in [0.25, 0.3) is 0 Å². The van der Waals surface area contributed by atoms with Crippen LogP contribution in [0.5, 0.6) is 0 Å². The molecule has 0 aliphatic carbocycles. The lowest BCUT2D eigenvalue weighted by molar-refractivity contribution is -0.194. The zero-order valence-corrected chi connectivity index (χ0v) is 33.9. The fourth-order valence-electron chi connectivity index (χ4n) is 9.16. The average molecular weight is 720 g/mol. The molecule has 6 saturated heterocycles. The van der Waals surface area contributed by atoms with Crippen molar-refractivity contribution >= 4 is 17.1 Å². The van der Waals surface area contributed by atoms with Crippen LogP contribution in [0.4, 0.5) is 0 Å². The lowest BCUT2D eigenvalue weighted by Crippen LogP contribution is -2.67. The molecule has 0 radical (unpaired) electrons. The molecule has 0 aromatic rings. The molecule has 0 bridgehead atoms. The molecule has 0 spiro atoms. The summed E-state index contributed by atoms with van der Waals surface area (Å²) in [7, 11) is -4.94. The van der Waals surface area contributed by atoms with Crippen molar-refractivity contribution in [3.05, 3.63) is 7.43 Å². The SMILES string of the molecule is C.C[C@H]1C(O)O[C@H]2C[C@H]3O[Si](C(C)(C)C)(C(C)(C)C)OC[C@H]3O[C@H]21.C[C@H]1C(O)O[C@H]2C[C@H]3O[Si](C(C)(C)C)(C(C)(C)C)OC[C@H]3O[C@H]21.[CH3-]. The molecule has 0 saturated carbocycles. The smallest absolute Gasteiger partial charge is 0.349 e. The molecule has 0 amide bonds. The van der Waals surface area contributed by atoms with Crippen molar-refractivity contribution in [2.75, 3.05) is 13.2 Å². The van der Waals surface area contributed by atoms with Crippen molar-refractivity contribution in [1.29, 1.82) is 0 Å². The van der Waals surface area contributed by atoms with Gasteiger partial charge in [0.2, 0.25) is 0 Å². The highest BCUT2D eigenvalue weighted by molar-refractivity contribution is 6.74. The maximum Gasteiger partial charge on any atom is 0.349 e. The summed E-state index contributed by atoms with van der Waals surface area (Å²) in [5.74, 6) is -0.00905. The van der Waals surface area contributed by atoms with E-state index in [9.17, 15) is 10.2 Å². The molecule has 12 heteroatoms. The summed E-state index contributed by atoms with van der Waals surface area (Å²) in [4.78, 5) is 0. The standard InChI is InChI=1S/2C17H32O5Si.CH4.CH3/c2*1-10-14-12(21-15(10)18)8-11-13(20-14)9-19-23(22-11,16(2,3)4)17(5,6)7;;/h2*10-15,18H,8-9H2,1-7H3;1H4;1H3/q;;;-1/t2*10-,11-,12+,13-,14+,15?;;/m11../s1. The van der Waals surface area contributed by atoms with Crippen molar-refractivity contribution in [2.45, 2.75) is 199 Å². The molecule has 6 aliphatic rings. The van der Waals surface area contributed by atoms with E-state index in [-0.39, 0.29) is 95.7 Å². The van der Waals surface area contributed by atoms with Crippen LogP contribution >= 0.6 is 0 Å². The lowest BCUT2D eigenvalue weighted by atomic mass is 9.93. The van der Waals surface area contributed by atoms with Gasteiger partial charge in [0.1, 0.15) is 12.2 Å². The predicted molar refractivity (Wildman–Crippen MR) is 192 cm³/mol. The van der Waals surface area contributed by atoms with Crippen LogP contribution in [0.15, 0.2) is 0 Å². The largest absolute Gasteiger partial charge is 0.391 e. The van der Waals surface area contributed by atoms with Gasteiger partial charge < -0.3 is 54.3 Å². The number of rotatable bonds is 0. The van der Waals surface area contributed by atoms with Gasteiger partial charge in [-0.15, -0.1) is 0 Å². The van der Waals surface area contributed by atoms with Crippen LogP contribution in [0.1, 0.15) is 117 Å². The second-order valence-electron chi connectivity index (χ2n) is 18.8. The van der Waals surface area contributed by atoms with Crippen molar-refractivity contribution in [1.82, 2.24) is 0 Å². The quantitative estimate of drug-likeness (QED) is 0.201. The summed E-state index contributed by atoms with van der Waals surface area (Å²) in [6.45, 7) is 31.7. The van der Waals surface area contributed by atoms with Crippen LogP contribution in [0.3, 0.4) is 0 Å². The van der Waals surface area contributed by atoms with Gasteiger partial charge in [0.05, 0.1) is 49.8 Å². The monoisotopic (exact) mass is 719 g/mol. The fraction of sp³-hybridized carbons (Fsp3) is 0.972. The van der Waals surface area contributed by atoms with Gasteiger partial charge in [-0.05, 0) is 0 Å². The number of hydrogen-bond acceptors (Lipinski definition) is 10. The van der Waals surface area contributed by atoms with Crippen LogP contribution in [0.2, 0.25) is 20.2 Å². The Morgan fingerprint density at radius 3 is 1.04 bits per heavy atom. The lowest BCUT2D eigenvalue weighted by Gasteiger charge is -2.56. The Morgan fingerprint density at radius 2 is 0.771 bits per heavy atom. The summed E-state index contributed by atoms with van der Waals surface area (Å²) < 4.78 is 50.1. The normalized spacial score (nSPS) is 42.0. The van der Waals surface area contributed by atoms with Gasteiger partial charge in [0.15, 0.2) is 12.6 Å². The van der Waals surface area contributed by atoms with Gasteiger partial charge >= 0.3 is 17.1 Å². The van der Waals surface area contributed by atoms with Crippen LogP contribution in [0.25, 0.3) is 0 Å². The van der Waals surface area contributed by atoms with Crippen LogP contribution in [-0.4, -0.2) is 102 Å². The van der Waals surface area contributed by atoms with Gasteiger partial charge in [-0.1, -0.05) is 104 Å². The van der Waals surface area contributed by atoms with E-state index in [0.717, 1.165) is 12.8 Å².